The standard InChI is InChI=1S/C14H17BrClN3O2/c1-17-13(20)9-18-2-4-19(5-3-18)14(21)10-6-11(15)8-12(16)7-10/h6-8H,2-5,9H2,1H3,(H,17,20). The topological polar surface area (TPSA) is 52.7 Å². The largest absolute Gasteiger partial charge is 0.358 e. The summed E-state index contributed by atoms with van der Waals surface area (Å²) in [5.74, 6) is -0.0358. The molecular formula is C14H17BrClN3O2. The number of benzene rings is 1. The molecule has 1 aromatic carbocycles. The van der Waals surface area contributed by atoms with Crippen LogP contribution in [0.25, 0.3) is 0 Å². The molecule has 5 nitrogen and oxygen atoms in total. The van der Waals surface area contributed by atoms with Gasteiger partial charge in [-0.25, -0.2) is 0 Å². The summed E-state index contributed by atoms with van der Waals surface area (Å²) in [5.41, 5.74) is 0.578. The number of likely N-dealkylation sites (N-methyl/N-ethyl adjacent to an activating group) is 1. The predicted molar refractivity (Wildman–Crippen MR) is 85.6 cm³/mol. The molecule has 0 aliphatic carbocycles. The molecule has 114 valence electrons. The lowest BCUT2D eigenvalue weighted by Crippen LogP contribution is -2.50. The first-order valence-electron chi connectivity index (χ1n) is 6.68. The molecule has 1 saturated heterocycles. The first kappa shape index (κ1) is 16.3. The van der Waals surface area contributed by atoms with Gasteiger partial charge in [-0.1, -0.05) is 27.5 Å². The minimum absolute atomic E-state index is 0.00597. The van der Waals surface area contributed by atoms with E-state index in [9.17, 15) is 9.59 Å². The van der Waals surface area contributed by atoms with Crippen LogP contribution in [0, 0.1) is 0 Å². The van der Waals surface area contributed by atoms with E-state index in [0.717, 1.165) is 4.47 Å². The number of hydrogen-bond acceptors (Lipinski definition) is 3. The van der Waals surface area contributed by atoms with Gasteiger partial charge in [0.2, 0.25) is 5.91 Å². The van der Waals surface area contributed by atoms with Gasteiger partial charge in [0.15, 0.2) is 0 Å². The number of nitrogens with one attached hydrogen (secondary N) is 1. The van der Waals surface area contributed by atoms with Gasteiger partial charge in [-0.3, -0.25) is 14.5 Å². The summed E-state index contributed by atoms with van der Waals surface area (Å²) in [6.45, 7) is 2.99. The fourth-order valence-corrected chi connectivity index (χ4v) is 3.11. The fourth-order valence-electron chi connectivity index (χ4n) is 2.25. The van der Waals surface area contributed by atoms with Gasteiger partial charge in [-0.2, -0.15) is 0 Å². The summed E-state index contributed by atoms with van der Waals surface area (Å²) in [6.07, 6.45) is 0. The Bertz CT molecular complexity index is 525. The second-order valence-electron chi connectivity index (χ2n) is 4.90. The second kappa shape index (κ2) is 7.24. The number of piperazine rings is 1. The van der Waals surface area contributed by atoms with Crippen LogP contribution < -0.4 is 5.32 Å². The molecule has 0 unspecified atom stereocenters. The summed E-state index contributed by atoms with van der Waals surface area (Å²) in [5, 5.41) is 3.14. The molecule has 0 bridgehead atoms. The second-order valence-corrected chi connectivity index (χ2v) is 6.25. The van der Waals surface area contributed by atoms with E-state index in [2.05, 4.69) is 21.2 Å². The van der Waals surface area contributed by atoms with E-state index in [1.807, 2.05) is 4.90 Å². The Hall–Kier alpha value is -1.11. The van der Waals surface area contributed by atoms with E-state index in [4.69, 9.17) is 11.6 Å². The van der Waals surface area contributed by atoms with Crippen LogP contribution in [0.5, 0.6) is 0 Å². The number of amides is 2. The van der Waals surface area contributed by atoms with Gasteiger partial charge in [0.05, 0.1) is 6.54 Å². The molecule has 1 fully saturated rings. The Balaban J connectivity index is 1.95. The Labute approximate surface area is 137 Å². The number of carbonyl (C=O) groups excluding carboxylic acids is 2. The fraction of sp³-hybridized carbons (Fsp3) is 0.429. The van der Waals surface area contributed by atoms with Crippen molar-refractivity contribution in [3.63, 3.8) is 0 Å². The lowest BCUT2D eigenvalue weighted by Gasteiger charge is -2.34. The maximum absolute atomic E-state index is 12.4. The SMILES string of the molecule is CNC(=O)CN1CCN(C(=O)c2cc(Cl)cc(Br)c2)CC1. The molecule has 1 aliphatic heterocycles. The maximum atomic E-state index is 12.4. The van der Waals surface area contributed by atoms with Crippen LogP contribution in [0.1, 0.15) is 10.4 Å². The average molecular weight is 375 g/mol. The lowest BCUT2D eigenvalue weighted by molar-refractivity contribution is -0.122. The minimum Gasteiger partial charge on any atom is -0.358 e. The third kappa shape index (κ3) is 4.43. The van der Waals surface area contributed by atoms with Crippen LogP contribution in [-0.2, 0) is 4.79 Å². The molecule has 2 amide bonds. The van der Waals surface area contributed by atoms with Crippen LogP contribution in [0.4, 0.5) is 0 Å². The van der Waals surface area contributed by atoms with Crippen molar-refractivity contribution in [2.75, 3.05) is 39.8 Å². The van der Waals surface area contributed by atoms with Crippen LogP contribution >= 0.6 is 27.5 Å². The highest BCUT2D eigenvalue weighted by molar-refractivity contribution is 9.10. The zero-order chi connectivity index (χ0) is 15.4. The highest BCUT2D eigenvalue weighted by Gasteiger charge is 2.23. The van der Waals surface area contributed by atoms with Crippen LogP contribution in [0.2, 0.25) is 5.02 Å². The number of rotatable bonds is 3. The van der Waals surface area contributed by atoms with Crippen molar-refractivity contribution in [3.8, 4) is 0 Å². The van der Waals surface area contributed by atoms with E-state index in [0.29, 0.717) is 43.3 Å². The summed E-state index contributed by atoms with van der Waals surface area (Å²) >= 11 is 9.32. The normalized spacial score (nSPS) is 15.9. The monoisotopic (exact) mass is 373 g/mol. The van der Waals surface area contributed by atoms with Crippen molar-refractivity contribution in [2.24, 2.45) is 0 Å². The van der Waals surface area contributed by atoms with E-state index >= 15 is 0 Å². The van der Waals surface area contributed by atoms with Crippen molar-refractivity contribution in [1.82, 2.24) is 15.1 Å². The van der Waals surface area contributed by atoms with E-state index in [-0.39, 0.29) is 11.8 Å². The molecule has 1 heterocycles. The number of halogens is 2. The predicted octanol–water partition coefficient (Wildman–Crippen LogP) is 1.61. The van der Waals surface area contributed by atoms with Crippen molar-refractivity contribution in [1.29, 1.82) is 0 Å². The van der Waals surface area contributed by atoms with Crippen LogP contribution in [0.15, 0.2) is 22.7 Å². The van der Waals surface area contributed by atoms with E-state index < -0.39 is 0 Å². The zero-order valence-corrected chi connectivity index (χ0v) is 14.1. The smallest absolute Gasteiger partial charge is 0.254 e. The summed E-state index contributed by atoms with van der Waals surface area (Å²) in [4.78, 5) is 27.6. The van der Waals surface area contributed by atoms with E-state index in [1.54, 1.807) is 30.1 Å². The summed E-state index contributed by atoms with van der Waals surface area (Å²) in [6, 6.07) is 5.19. The summed E-state index contributed by atoms with van der Waals surface area (Å²) < 4.78 is 0.789. The molecule has 0 spiro atoms. The third-order valence-electron chi connectivity index (χ3n) is 3.42. The van der Waals surface area contributed by atoms with Crippen molar-refractivity contribution in [2.45, 2.75) is 0 Å². The zero-order valence-electron chi connectivity index (χ0n) is 11.7. The molecule has 0 aromatic heterocycles. The molecule has 0 radical (unpaired) electrons. The molecule has 21 heavy (non-hydrogen) atoms. The highest BCUT2D eigenvalue weighted by Crippen LogP contribution is 2.21. The molecule has 1 aromatic rings. The Morgan fingerprint density at radius 2 is 1.90 bits per heavy atom. The number of carbonyl (C=O) groups is 2. The Morgan fingerprint density at radius 3 is 2.48 bits per heavy atom. The Kier molecular flexibility index (Phi) is 5.61. The Morgan fingerprint density at radius 1 is 1.24 bits per heavy atom. The lowest BCUT2D eigenvalue weighted by atomic mass is 10.2. The van der Waals surface area contributed by atoms with Crippen molar-refractivity contribution in [3.05, 3.63) is 33.3 Å². The van der Waals surface area contributed by atoms with Crippen molar-refractivity contribution >= 4 is 39.3 Å². The first-order valence-corrected chi connectivity index (χ1v) is 7.85. The average Bonchev–Trinajstić information content (AvgIpc) is 2.46. The van der Waals surface area contributed by atoms with Crippen molar-refractivity contribution < 1.29 is 9.59 Å². The van der Waals surface area contributed by atoms with E-state index in [1.165, 1.54) is 0 Å². The molecule has 2 rings (SSSR count). The molecule has 1 N–H and O–H groups in total. The van der Waals surface area contributed by atoms with Gasteiger partial charge >= 0.3 is 0 Å². The van der Waals surface area contributed by atoms with Gasteiger partial charge < -0.3 is 10.2 Å². The minimum atomic E-state index is -0.0298. The third-order valence-corrected chi connectivity index (χ3v) is 4.09. The van der Waals surface area contributed by atoms with Gasteiger partial charge in [-0.15, -0.1) is 0 Å². The van der Waals surface area contributed by atoms with Gasteiger partial charge in [0.25, 0.3) is 5.91 Å². The molecule has 0 saturated carbocycles. The summed E-state index contributed by atoms with van der Waals surface area (Å²) in [7, 11) is 1.62. The van der Waals surface area contributed by atoms with Gasteiger partial charge in [0.1, 0.15) is 0 Å². The maximum Gasteiger partial charge on any atom is 0.254 e. The van der Waals surface area contributed by atoms with Gasteiger partial charge in [0, 0.05) is 48.3 Å². The molecule has 1 aliphatic rings. The highest BCUT2D eigenvalue weighted by atomic mass is 79.9. The molecule has 7 heteroatoms. The molecule has 0 atom stereocenters. The number of hydrogen-bond donors (Lipinski definition) is 1. The quantitative estimate of drug-likeness (QED) is 0.874. The molecular weight excluding hydrogens is 358 g/mol. The first-order chi connectivity index (χ1) is 9.99. The van der Waals surface area contributed by atoms with Crippen LogP contribution in [0.3, 0.4) is 0 Å². The van der Waals surface area contributed by atoms with Crippen LogP contribution in [-0.4, -0.2) is 61.4 Å². The number of nitrogens with zero attached hydrogens (tertiary/aromatic N) is 2. The van der Waals surface area contributed by atoms with Gasteiger partial charge in [-0.05, 0) is 18.2 Å².